The van der Waals surface area contributed by atoms with Crippen LogP contribution in [-0.2, 0) is 21.3 Å². The number of hydrogen-bond donors (Lipinski definition) is 2. The van der Waals surface area contributed by atoms with Crippen LogP contribution >= 0.6 is 15.9 Å². The average Bonchev–Trinajstić information content (AvgIpc) is 2.25. The van der Waals surface area contributed by atoms with E-state index >= 15 is 0 Å². The first-order chi connectivity index (χ1) is 8.04. The Labute approximate surface area is 112 Å². The maximum atomic E-state index is 11.7. The lowest BCUT2D eigenvalue weighted by Crippen LogP contribution is -2.28. The summed E-state index contributed by atoms with van der Waals surface area (Å²) in [4.78, 5) is 11.3. The predicted molar refractivity (Wildman–Crippen MR) is 74.0 cm³/mol. The van der Waals surface area contributed by atoms with Crippen molar-refractivity contribution in [3.8, 4) is 0 Å². The summed E-state index contributed by atoms with van der Waals surface area (Å²) in [6.07, 6.45) is 0. The molecule has 17 heavy (non-hydrogen) atoms. The predicted octanol–water partition coefficient (Wildman–Crippen LogP) is 1.42. The molecule has 1 unspecified atom stereocenters. The Hall–Kier alpha value is -0.880. The monoisotopic (exact) mass is 318 g/mol. The van der Waals surface area contributed by atoms with Crippen LogP contribution in [0.1, 0.15) is 12.5 Å². The minimum atomic E-state index is -1.22. The smallest absolute Gasteiger partial charge is 0.232 e. The molecule has 6 heteroatoms. The van der Waals surface area contributed by atoms with Crippen molar-refractivity contribution in [2.45, 2.75) is 12.7 Å². The van der Waals surface area contributed by atoms with E-state index in [2.05, 4.69) is 21.2 Å². The molecule has 3 N–H and O–H groups in total. The minimum Gasteiger partial charge on any atom is -0.398 e. The number of nitrogens with one attached hydrogen (secondary N) is 1. The Bertz CT molecular complexity index is 437. The van der Waals surface area contributed by atoms with Gasteiger partial charge in [0, 0.05) is 27.5 Å². The van der Waals surface area contributed by atoms with E-state index in [9.17, 15) is 9.00 Å². The van der Waals surface area contributed by atoms with E-state index in [0.29, 0.717) is 18.0 Å². The zero-order chi connectivity index (χ0) is 12.8. The van der Waals surface area contributed by atoms with Crippen LogP contribution in [0.25, 0.3) is 0 Å². The number of anilines is 1. The summed E-state index contributed by atoms with van der Waals surface area (Å²) in [5.74, 6) is 0.156. The second kappa shape index (κ2) is 6.76. The molecule has 0 saturated carbocycles. The number of carbonyl (C=O) groups excluding carboxylic acids is 1. The van der Waals surface area contributed by atoms with Crippen molar-refractivity contribution in [2.75, 3.05) is 18.0 Å². The van der Waals surface area contributed by atoms with Gasteiger partial charge in [-0.2, -0.15) is 0 Å². The Morgan fingerprint density at radius 2 is 2.24 bits per heavy atom. The van der Waals surface area contributed by atoms with Crippen molar-refractivity contribution in [2.24, 2.45) is 0 Å². The van der Waals surface area contributed by atoms with Crippen LogP contribution < -0.4 is 11.1 Å². The molecule has 94 valence electrons. The number of nitrogens with two attached hydrogens (primary N) is 1. The van der Waals surface area contributed by atoms with Crippen molar-refractivity contribution in [3.05, 3.63) is 28.2 Å². The number of amides is 1. The highest BCUT2D eigenvalue weighted by molar-refractivity contribution is 9.10. The number of halogens is 1. The van der Waals surface area contributed by atoms with E-state index in [-0.39, 0.29) is 11.7 Å². The summed E-state index contributed by atoms with van der Waals surface area (Å²) in [5, 5.41) is 2.62. The van der Waals surface area contributed by atoms with Gasteiger partial charge < -0.3 is 11.1 Å². The van der Waals surface area contributed by atoms with E-state index in [1.54, 1.807) is 12.1 Å². The first-order valence-electron chi connectivity index (χ1n) is 5.19. The molecule has 0 spiro atoms. The van der Waals surface area contributed by atoms with Crippen molar-refractivity contribution in [1.29, 1.82) is 0 Å². The van der Waals surface area contributed by atoms with Crippen molar-refractivity contribution >= 4 is 38.3 Å². The molecule has 4 nitrogen and oxygen atoms in total. The van der Waals surface area contributed by atoms with Crippen molar-refractivity contribution in [3.63, 3.8) is 0 Å². The second-order valence-corrected chi connectivity index (χ2v) is 5.75. The molecule has 0 aromatic heterocycles. The topological polar surface area (TPSA) is 72.2 Å². The van der Waals surface area contributed by atoms with Crippen LogP contribution in [0.15, 0.2) is 22.7 Å². The molecule has 1 amide bonds. The van der Waals surface area contributed by atoms with E-state index < -0.39 is 10.8 Å². The van der Waals surface area contributed by atoms with Crippen molar-refractivity contribution < 1.29 is 9.00 Å². The van der Waals surface area contributed by atoms with Gasteiger partial charge in [-0.3, -0.25) is 9.00 Å². The van der Waals surface area contributed by atoms with Gasteiger partial charge in [0.25, 0.3) is 0 Å². The van der Waals surface area contributed by atoms with E-state index in [4.69, 9.17) is 5.73 Å². The Balaban J connectivity index is 2.62. The minimum absolute atomic E-state index is 0.0229. The molecule has 0 heterocycles. The maximum absolute atomic E-state index is 11.7. The summed E-state index contributed by atoms with van der Waals surface area (Å²) in [6.45, 7) is 2.38. The summed E-state index contributed by atoms with van der Waals surface area (Å²) < 4.78 is 12.5. The molecule has 0 aliphatic carbocycles. The largest absolute Gasteiger partial charge is 0.398 e. The lowest BCUT2D eigenvalue weighted by Gasteiger charge is -2.07. The van der Waals surface area contributed by atoms with Crippen LogP contribution in [0, 0.1) is 0 Å². The number of benzene rings is 1. The summed E-state index contributed by atoms with van der Waals surface area (Å²) in [7, 11) is -1.22. The van der Waals surface area contributed by atoms with Crippen LogP contribution in [0.3, 0.4) is 0 Å². The molecule has 1 aromatic rings. The van der Waals surface area contributed by atoms with Crippen LogP contribution in [-0.4, -0.2) is 22.4 Å². The standard InChI is InChI=1S/C11H15BrN2O2S/c1-2-14-10(15)7-17(16)6-8-4-3-5-9(13)11(8)12/h3-5H,2,6-7,13H2,1H3,(H,14,15). The maximum Gasteiger partial charge on any atom is 0.232 e. The summed E-state index contributed by atoms with van der Waals surface area (Å²) >= 11 is 3.35. The fourth-order valence-electron chi connectivity index (χ4n) is 1.33. The number of hydrogen-bond acceptors (Lipinski definition) is 3. The van der Waals surface area contributed by atoms with E-state index in [1.807, 2.05) is 13.0 Å². The molecule has 0 fully saturated rings. The van der Waals surface area contributed by atoms with E-state index in [0.717, 1.165) is 10.0 Å². The van der Waals surface area contributed by atoms with Crippen LogP contribution in [0.5, 0.6) is 0 Å². The molecular formula is C11H15BrN2O2S. The molecule has 1 aromatic carbocycles. The first kappa shape index (κ1) is 14.2. The fourth-order valence-corrected chi connectivity index (χ4v) is 3.00. The highest BCUT2D eigenvalue weighted by Crippen LogP contribution is 2.24. The number of nitrogen functional groups attached to an aromatic ring is 1. The van der Waals surface area contributed by atoms with Crippen molar-refractivity contribution in [1.82, 2.24) is 5.32 Å². The third-order valence-corrected chi connectivity index (χ3v) is 4.28. The fraction of sp³-hybridized carbons (Fsp3) is 0.364. The lowest BCUT2D eigenvalue weighted by molar-refractivity contribution is -0.118. The van der Waals surface area contributed by atoms with Gasteiger partial charge in [0.2, 0.25) is 5.91 Å². The van der Waals surface area contributed by atoms with Gasteiger partial charge in [-0.25, -0.2) is 0 Å². The van der Waals surface area contributed by atoms with Gasteiger partial charge >= 0.3 is 0 Å². The Kier molecular flexibility index (Phi) is 5.64. The third-order valence-electron chi connectivity index (χ3n) is 2.09. The van der Waals surface area contributed by atoms with Gasteiger partial charge in [-0.15, -0.1) is 0 Å². The molecule has 0 aliphatic rings. The van der Waals surface area contributed by atoms with Gasteiger partial charge in [0.15, 0.2) is 0 Å². The summed E-state index contributed by atoms with van der Waals surface area (Å²) in [6, 6.07) is 5.41. The van der Waals surface area contributed by atoms with Gasteiger partial charge in [-0.05, 0) is 34.5 Å². The number of carbonyl (C=O) groups is 1. The molecule has 0 aliphatic heterocycles. The van der Waals surface area contributed by atoms with Crippen LogP contribution in [0.2, 0.25) is 0 Å². The van der Waals surface area contributed by atoms with Gasteiger partial charge in [0.05, 0.1) is 5.75 Å². The zero-order valence-corrected chi connectivity index (χ0v) is 11.9. The molecule has 1 atom stereocenters. The SMILES string of the molecule is CCNC(=O)CS(=O)Cc1cccc(N)c1Br. The van der Waals surface area contributed by atoms with Gasteiger partial charge in [0.1, 0.15) is 5.75 Å². The normalized spacial score (nSPS) is 12.1. The zero-order valence-electron chi connectivity index (χ0n) is 9.53. The molecule has 0 bridgehead atoms. The number of rotatable bonds is 5. The third kappa shape index (κ3) is 4.47. The highest BCUT2D eigenvalue weighted by atomic mass is 79.9. The average molecular weight is 319 g/mol. The molecule has 0 saturated heterocycles. The van der Waals surface area contributed by atoms with Crippen LogP contribution in [0.4, 0.5) is 5.69 Å². The highest BCUT2D eigenvalue weighted by Gasteiger charge is 2.10. The molecule has 1 rings (SSSR count). The lowest BCUT2D eigenvalue weighted by atomic mass is 10.2. The summed E-state index contributed by atoms with van der Waals surface area (Å²) in [5.41, 5.74) is 7.18. The molecule has 0 radical (unpaired) electrons. The quantitative estimate of drug-likeness (QED) is 0.806. The Morgan fingerprint density at radius 1 is 1.53 bits per heavy atom. The van der Waals surface area contributed by atoms with E-state index in [1.165, 1.54) is 0 Å². The Morgan fingerprint density at radius 3 is 2.88 bits per heavy atom. The first-order valence-corrected chi connectivity index (χ1v) is 7.47. The van der Waals surface area contributed by atoms with Gasteiger partial charge in [-0.1, -0.05) is 12.1 Å². The second-order valence-electron chi connectivity index (χ2n) is 3.50. The molecular weight excluding hydrogens is 304 g/mol.